The molecule has 0 amide bonds. The molecule has 0 aliphatic carbocycles. The number of aliphatic imine (C=N–C) groups is 1. The lowest BCUT2D eigenvalue weighted by atomic mass is 9.99. The van der Waals surface area contributed by atoms with E-state index in [0.717, 1.165) is 23.4 Å². The van der Waals surface area contributed by atoms with Crippen molar-refractivity contribution in [3.8, 4) is 5.69 Å². The van der Waals surface area contributed by atoms with E-state index >= 15 is 0 Å². The summed E-state index contributed by atoms with van der Waals surface area (Å²) < 4.78 is 1.71. The van der Waals surface area contributed by atoms with Crippen LogP contribution in [0.4, 0.5) is 0 Å². The van der Waals surface area contributed by atoms with Crippen molar-refractivity contribution in [2.45, 2.75) is 26.0 Å². The maximum absolute atomic E-state index is 10.6. The van der Waals surface area contributed by atoms with E-state index < -0.39 is 5.60 Å². The number of aliphatic hydroxyl groups is 1. The number of aromatic nitrogens is 3. The van der Waals surface area contributed by atoms with E-state index in [1.165, 1.54) is 6.33 Å². The SMILES string of the molecule is CCNC(=NCc1ccc(-n2cncn2)cc1)NCC(C)(O)c1ccsc1. The molecule has 0 radical (unpaired) electrons. The minimum Gasteiger partial charge on any atom is -0.384 e. The predicted molar refractivity (Wildman–Crippen MR) is 108 cm³/mol. The highest BCUT2D eigenvalue weighted by Gasteiger charge is 2.23. The third kappa shape index (κ3) is 5.15. The normalized spacial score (nSPS) is 14.0. The van der Waals surface area contributed by atoms with E-state index in [0.29, 0.717) is 19.0 Å². The maximum atomic E-state index is 10.6. The van der Waals surface area contributed by atoms with Crippen molar-refractivity contribution in [1.29, 1.82) is 0 Å². The molecule has 0 bridgehead atoms. The molecule has 2 heterocycles. The first-order valence-corrected chi connectivity index (χ1v) is 9.74. The fraction of sp³-hybridized carbons (Fsp3) is 0.316. The summed E-state index contributed by atoms with van der Waals surface area (Å²) in [5, 5.41) is 25.1. The van der Waals surface area contributed by atoms with E-state index in [1.807, 2.05) is 48.0 Å². The Kier molecular flexibility index (Phi) is 6.20. The van der Waals surface area contributed by atoms with Gasteiger partial charge in [-0.3, -0.25) is 0 Å². The summed E-state index contributed by atoms with van der Waals surface area (Å²) in [6.45, 7) is 5.47. The van der Waals surface area contributed by atoms with Gasteiger partial charge in [0.25, 0.3) is 0 Å². The van der Waals surface area contributed by atoms with Crippen LogP contribution in [0, 0.1) is 0 Å². The molecule has 0 aliphatic rings. The number of guanidine groups is 1. The monoisotopic (exact) mass is 384 g/mol. The van der Waals surface area contributed by atoms with Crippen LogP contribution in [0.2, 0.25) is 0 Å². The van der Waals surface area contributed by atoms with Gasteiger partial charge in [-0.15, -0.1) is 0 Å². The van der Waals surface area contributed by atoms with Gasteiger partial charge in [0.2, 0.25) is 0 Å². The fourth-order valence-corrected chi connectivity index (χ4v) is 3.32. The largest absolute Gasteiger partial charge is 0.384 e. The molecule has 3 N–H and O–H groups in total. The Hall–Kier alpha value is -2.71. The highest BCUT2D eigenvalue weighted by atomic mass is 32.1. The van der Waals surface area contributed by atoms with Crippen LogP contribution in [0.1, 0.15) is 25.0 Å². The first-order chi connectivity index (χ1) is 13.1. The Bertz CT molecular complexity index is 841. The van der Waals surface area contributed by atoms with Crippen molar-refractivity contribution >= 4 is 17.3 Å². The zero-order valence-electron chi connectivity index (χ0n) is 15.5. The van der Waals surface area contributed by atoms with Gasteiger partial charge in [0, 0.05) is 6.54 Å². The second kappa shape index (κ2) is 8.79. The van der Waals surface area contributed by atoms with Crippen LogP contribution < -0.4 is 10.6 Å². The Labute approximate surface area is 162 Å². The minimum absolute atomic E-state index is 0.376. The summed E-state index contributed by atoms with van der Waals surface area (Å²) in [5.41, 5.74) is 1.99. The topological polar surface area (TPSA) is 87.4 Å². The van der Waals surface area contributed by atoms with E-state index in [-0.39, 0.29) is 0 Å². The van der Waals surface area contributed by atoms with Gasteiger partial charge < -0.3 is 15.7 Å². The smallest absolute Gasteiger partial charge is 0.191 e. The molecule has 1 aromatic carbocycles. The third-order valence-electron chi connectivity index (χ3n) is 4.13. The zero-order valence-corrected chi connectivity index (χ0v) is 16.3. The second-order valence-corrected chi connectivity index (χ2v) is 7.12. The Morgan fingerprint density at radius 3 is 2.70 bits per heavy atom. The number of benzene rings is 1. The van der Waals surface area contributed by atoms with Gasteiger partial charge in [-0.05, 0) is 53.9 Å². The number of thiophene rings is 1. The lowest BCUT2D eigenvalue weighted by molar-refractivity contribution is 0.0621. The molecule has 3 aromatic rings. The third-order valence-corrected chi connectivity index (χ3v) is 4.81. The first-order valence-electron chi connectivity index (χ1n) is 8.79. The summed E-state index contributed by atoms with van der Waals surface area (Å²) in [6, 6.07) is 9.95. The van der Waals surface area contributed by atoms with E-state index in [4.69, 9.17) is 0 Å². The molecular formula is C19H24N6OS. The van der Waals surface area contributed by atoms with Crippen molar-refractivity contribution in [2.24, 2.45) is 4.99 Å². The van der Waals surface area contributed by atoms with Gasteiger partial charge in [-0.2, -0.15) is 16.4 Å². The first kappa shape index (κ1) is 19.1. The molecule has 7 nitrogen and oxygen atoms in total. The van der Waals surface area contributed by atoms with Gasteiger partial charge >= 0.3 is 0 Å². The van der Waals surface area contributed by atoms with Gasteiger partial charge in [-0.1, -0.05) is 12.1 Å². The molecule has 8 heteroatoms. The van der Waals surface area contributed by atoms with Gasteiger partial charge in [-0.25, -0.2) is 14.7 Å². The van der Waals surface area contributed by atoms with Crippen LogP contribution in [0.15, 0.2) is 58.7 Å². The number of hydrogen-bond acceptors (Lipinski definition) is 5. The number of nitrogens with one attached hydrogen (secondary N) is 2. The standard InChI is InChI=1S/C19H24N6OS/c1-3-21-18(23-12-19(2,26)16-8-9-27-11-16)22-10-15-4-6-17(7-5-15)25-14-20-13-24-25/h4-9,11,13-14,26H,3,10,12H2,1-2H3,(H2,21,22,23). The van der Waals surface area contributed by atoms with E-state index in [1.54, 1.807) is 29.3 Å². The molecule has 0 saturated heterocycles. The lowest BCUT2D eigenvalue weighted by Crippen LogP contribution is -2.44. The van der Waals surface area contributed by atoms with Crippen molar-refractivity contribution in [3.05, 3.63) is 64.9 Å². The maximum Gasteiger partial charge on any atom is 0.191 e. The highest BCUT2D eigenvalue weighted by Crippen LogP contribution is 2.21. The van der Waals surface area contributed by atoms with Crippen molar-refractivity contribution in [2.75, 3.05) is 13.1 Å². The molecule has 0 fully saturated rings. The second-order valence-electron chi connectivity index (χ2n) is 6.34. The fourth-order valence-electron chi connectivity index (χ4n) is 2.54. The molecule has 2 aromatic heterocycles. The lowest BCUT2D eigenvalue weighted by Gasteiger charge is -2.24. The van der Waals surface area contributed by atoms with Crippen molar-refractivity contribution < 1.29 is 5.11 Å². The highest BCUT2D eigenvalue weighted by molar-refractivity contribution is 7.08. The minimum atomic E-state index is -0.949. The van der Waals surface area contributed by atoms with Crippen LogP contribution in [-0.2, 0) is 12.1 Å². The van der Waals surface area contributed by atoms with Crippen LogP contribution >= 0.6 is 11.3 Å². The van der Waals surface area contributed by atoms with Crippen LogP contribution in [-0.4, -0.2) is 38.9 Å². The summed E-state index contributed by atoms with van der Waals surface area (Å²) in [4.78, 5) is 8.56. The van der Waals surface area contributed by atoms with E-state index in [2.05, 4.69) is 25.7 Å². The van der Waals surface area contributed by atoms with Crippen molar-refractivity contribution in [1.82, 2.24) is 25.4 Å². The molecule has 0 aliphatic heterocycles. The summed E-state index contributed by atoms with van der Waals surface area (Å²) >= 11 is 1.57. The van der Waals surface area contributed by atoms with Gasteiger partial charge in [0.1, 0.15) is 18.3 Å². The molecule has 0 saturated carbocycles. The number of nitrogens with zero attached hydrogens (tertiary/aromatic N) is 4. The average Bonchev–Trinajstić information content (AvgIpc) is 3.39. The van der Waals surface area contributed by atoms with E-state index in [9.17, 15) is 5.11 Å². The molecule has 27 heavy (non-hydrogen) atoms. The molecular weight excluding hydrogens is 360 g/mol. The molecule has 1 atom stereocenters. The number of rotatable bonds is 7. The predicted octanol–water partition coefficient (Wildman–Crippen LogP) is 2.29. The Morgan fingerprint density at radius 2 is 2.07 bits per heavy atom. The quantitative estimate of drug-likeness (QED) is 0.430. The molecule has 3 rings (SSSR count). The number of hydrogen-bond donors (Lipinski definition) is 3. The molecule has 1 unspecified atom stereocenters. The van der Waals surface area contributed by atoms with Gasteiger partial charge in [0.05, 0.1) is 18.8 Å². The summed E-state index contributed by atoms with van der Waals surface area (Å²) in [6.07, 6.45) is 3.18. The van der Waals surface area contributed by atoms with Crippen molar-refractivity contribution in [3.63, 3.8) is 0 Å². The summed E-state index contributed by atoms with van der Waals surface area (Å²) in [7, 11) is 0. The van der Waals surface area contributed by atoms with Gasteiger partial charge in [0.15, 0.2) is 5.96 Å². The average molecular weight is 385 g/mol. The van der Waals surface area contributed by atoms with Crippen LogP contribution in [0.3, 0.4) is 0 Å². The Balaban J connectivity index is 1.61. The summed E-state index contributed by atoms with van der Waals surface area (Å²) in [5.74, 6) is 0.674. The van der Waals surface area contributed by atoms with Crippen LogP contribution in [0.25, 0.3) is 5.69 Å². The zero-order chi connectivity index (χ0) is 19.1. The van der Waals surface area contributed by atoms with Crippen LogP contribution in [0.5, 0.6) is 0 Å². The Morgan fingerprint density at radius 1 is 1.26 bits per heavy atom. The molecule has 142 valence electrons. The molecule has 0 spiro atoms.